The number of nitrogen functional groups attached to an aromatic ring is 1. The lowest BCUT2D eigenvalue weighted by Crippen LogP contribution is -2.52. The van der Waals surface area contributed by atoms with Crippen LogP contribution in [0.4, 0.5) is 11.4 Å². The maximum Gasteiger partial charge on any atom is 0.338 e. The molecular weight excluding hydrogens is 1050 g/mol. The van der Waals surface area contributed by atoms with Crippen LogP contribution in [-0.2, 0) is 44.8 Å². The van der Waals surface area contributed by atoms with Crippen LogP contribution < -0.4 is 33.2 Å². The summed E-state index contributed by atoms with van der Waals surface area (Å²) >= 11 is 2.60. The number of esters is 2. The lowest BCUT2D eigenvalue weighted by molar-refractivity contribution is -0.385. The highest BCUT2D eigenvalue weighted by molar-refractivity contribution is 9.18. The Balaban J connectivity index is 0.000000342. The van der Waals surface area contributed by atoms with Crippen molar-refractivity contribution in [3.05, 3.63) is 141 Å². The molecule has 2 heterocycles. The van der Waals surface area contributed by atoms with Gasteiger partial charge in [-0.25, -0.2) is 4.79 Å². The quantitative estimate of drug-likeness (QED) is 0.0127. The van der Waals surface area contributed by atoms with Crippen molar-refractivity contribution in [3.8, 4) is 0 Å². The summed E-state index contributed by atoms with van der Waals surface area (Å²) in [5, 5.41) is 27.3. The number of fused-ring (bicyclic) bond motifs is 1. The number of nitrogens with one attached hydrogen (secondary N) is 3. The van der Waals surface area contributed by atoms with E-state index in [0.717, 1.165) is 18.7 Å². The zero-order valence-corrected chi connectivity index (χ0v) is 41.5. The van der Waals surface area contributed by atoms with E-state index in [1.54, 1.807) is 72.8 Å². The van der Waals surface area contributed by atoms with Gasteiger partial charge in [-0.1, -0.05) is 80.2 Å². The maximum absolute atomic E-state index is 12.3. The average Bonchev–Trinajstić information content (AvgIpc) is 3.72. The Morgan fingerprint density at radius 2 is 1.31 bits per heavy atom. The van der Waals surface area contributed by atoms with Crippen LogP contribution in [0, 0.1) is 10.1 Å². The van der Waals surface area contributed by atoms with E-state index in [0.29, 0.717) is 35.3 Å². The SMILES string of the molecule is C.COC(=O)C(CCC(N)=O)NCC(=O)c1ccccc1.COC(=O)c1cccc([N+](=O)[O-])c1C(=O)Br.NC(=O)CCC(NCC(=O)c1ccccc1)C(=O)O.Nc1cccc2c1CN(C1CCC(=O)NC1=O)C2=O. The number of hydrogen-bond acceptors (Lipinski definition) is 18. The molecule has 4 aromatic carbocycles. The van der Waals surface area contributed by atoms with E-state index in [1.807, 2.05) is 6.07 Å². The Kier molecular flexibility index (Phi) is 26.0. The molecule has 400 valence electrons. The summed E-state index contributed by atoms with van der Waals surface area (Å²) in [5.74, 6) is -4.74. The van der Waals surface area contributed by atoms with Crippen LogP contribution in [0.15, 0.2) is 97.1 Å². The van der Waals surface area contributed by atoms with Crippen LogP contribution in [-0.4, -0.2) is 124 Å². The first kappa shape index (κ1) is 62.6. The molecular formula is C50H57BrN8O16. The summed E-state index contributed by atoms with van der Waals surface area (Å²) in [4.78, 5) is 137. The normalized spacial score (nSPS) is 13.8. The molecule has 25 heteroatoms. The largest absolute Gasteiger partial charge is 0.480 e. The third-order valence-corrected chi connectivity index (χ3v) is 11.2. The molecule has 2 aliphatic rings. The number of rotatable bonds is 20. The van der Waals surface area contributed by atoms with Crippen molar-refractivity contribution in [3.63, 3.8) is 0 Å². The minimum absolute atomic E-state index is 0. The van der Waals surface area contributed by atoms with Crippen molar-refractivity contribution in [2.45, 2.75) is 70.6 Å². The van der Waals surface area contributed by atoms with Gasteiger partial charge in [0.2, 0.25) is 28.3 Å². The van der Waals surface area contributed by atoms with E-state index < -0.39 is 69.1 Å². The van der Waals surface area contributed by atoms with E-state index in [9.17, 15) is 62.9 Å². The number of imide groups is 1. The van der Waals surface area contributed by atoms with Gasteiger partial charge in [0, 0.05) is 59.8 Å². The fraction of sp³-hybridized carbons (Fsp3) is 0.300. The number of Topliss-reactive ketones (excluding diaryl/α,β-unsaturated/α-hetero) is 2. The van der Waals surface area contributed by atoms with Crippen LogP contribution in [0.25, 0.3) is 0 Å². The molecule has 2 aliphatic heterocycles. The molecule has 24 nitrogen and oxygen atoms in total. The molecule has 3 atom stereocenters. The van der Waals surface area contributed by atoms with Crippen molar-refractivity contribution >= 4 is 91.0 Å². The number of halogens is 1. The molecule has 0 saturated carbocycles. The van der Waals surface area contributed by atoms with Crippen LogP contribution in [0.3, 0.4) is 0 Å². The summed E-state index contributed by atoms with van der Waals surface area (Å²) in [6.45, 7) is 0.218. The van der Waals surface area contributed by atoms with Gasteiger partial charge in [0.25, 0.3) is 11.6 Å². The number of aliphatic carboxylic acids is 1. The number of ketones is 2. The number of carbonyl (C=O) groups is 11. The van der Waals surface area contributed by atoms with Gasteiger partial charge in [-0.05, 0) is 53.4 Å². The van der Waals surface area contributed by atoms with Crippen molar-refractivity contribution in [2.24, 2.45) is 11.5 Å². The summed E-state index contributed by atoms with van der Waals surface area (Å²) < 4.78 is 8.31. The lowest BCUT2D eigenvalue weighted by Gasteiger charge is -2.29. The number of anilines is 1. The highest BCUT2D eigenvalue weighted by atomic mass is 79.9. The molecule has 0 aromatic heterocycles. The predicted molar refractivity (Wildman–Crippen MR) is 273 cm³/mol. The summed E-state index contributed by atoms with van der Waals surface area (Å²) in [7, 11) is 2.38. The standard InChI is InChI=1S/C14H18N2O4.C13H13N3O3.C13H16N2O4.C9H6BrNO5.CH4/c1-20-14(19)11(7-8-13(15)18)16-9-12(17)10-5-3-2-4-6-10;14-9-3-1-2-7-8(9)6-16(13(7)19)10-4-5-11(17)15-12(10)18;14-12(17)7-6-10(13(18)19)15-8-11(16)9-4-2-1-3-5-9;1-16-9(13)5-3-2-4-6(11(14)15)7(5)8(10)12;/h2-6,11,16H,7-9H2,1H3,(H2,15,18);1-3,10H,4-6,14H2,(H,15,17,18);1-5,10,15H,6-8H2,(H2,14,17)(H,18,19);2-4H,1H3;1H4. The zero-order chi connectivity index (χ0) is 55.1. The van der Waals surface area contributed by atoms with Gasteiger partial charge in [-0.15, -0.1) is 0 Å². The van der Waals surface area contributed by atoms with Gasteiger partial charge in [-0.3, -0.25) is 74.0 Å². The van der Waals surface area contributed by atoms with Crippen LogP contribution in [0.2, 0.25) is 0 Å². The van der Waals surface area contributed by atoms with Crippen molar-refractivity contribution in [1.29, 1.82) is 0 Å². The zero-order valence-electron chi connectivity index (χ0n) is 39.9. The number of nitro groups is 1. The topological polar surface area (TPSA) is 387 Å². The lowest BCUT2D eigenvalue weighted by atomic mass is 10.0. The number of methoxy groups -OCH3 is 2. The van der Waals surface area contributed by atoms with E-state index in [1.165, 1.54) is 24.1 Å². The monoisotopic (exact) mass is 1100 g/mol. The van der Waals surface area contributed by atoms with Gasteiger partial charge < -0.3 is 36.7 Å². The molecule has 4 aromatic rings. The number of nitrogens with zero attached hydrogens (tertiary/aromatic N) is 2. The molecule has 3 unspecified atom stereocenters. The van der Waals surface area contributed by atoms with Crippen molar-refractivity contribution < 1.29 is 72.2 Å². The molecule has 6 rings (SSSR count). The summed E-state index contributed by atoms with van der Waals surface area (Å²) in [6.07, 6.45) is 0.892. The smallest absolute Gasteiger partial charge is 0.338 e. The molecule has 5 amide bonds. The minimum Gasteiger partial charge on any atom is -0.480 e. The Hall–Kier alpha value is -8.55. The molecule has 0 aliphatic carbocycles. The molecule has 0 radical (unpaired) electrons. The summed E-state index contributed by atoms with van der Waals surface area (Å²) in [5.41, 5.74) is 17.9. The summed E-state index contributed by atoms with van der Waals surface area (Å²) in [6, 6.07) is 23.9. The van der Waals surface area contributed by atoms with Crippen molar-refractivity contribution in [1.82, 2.24) is 20.9 Å². The Morgan fingerprint density at radius 3 is 1.76 bits per heavy atom. The van der Waals surface area contributed by atoms with Crippen LogP contribution in [0.5, 0.6) is 0 Å². The number of piperidine rings is 1. The number of carbonyl (C=O) groups excluding carboxylic acids is 10. The number of hydrogen-bond donors (Lipinski definition) is 7. The van der Waals surface area contributed by atoms with Crippen LogP contribution >= 0.6 is 15.9 Å². The molecule has 10 N–H and O–H groups in total. The maximum atomic E-state index is 12.3. The number of nitrogens with two attached hydrogens (primary N) is 3. The third-order valence-electron chi connectivity index (χ3n) is 10.8. The number of ether oxygens (including phenoxy) is 2. The van der Waals surface area contributed by atoms with Gasteiger partial charge in [-0.2, -0.15) is 0 Å². The number of carboxylic acid groups (broad SMARTS) is 1. The van der Waals surface area contributed by atoms with E-state index in [-0.39, 0.29) is 87.1 Å². The molecule has 1 saturated heterocycles. The second-order valence-corrected chi connectivity index (χ2v) is 16.5. The second kappa shape index (κ2) is 31.1. The molecule has 1 fully saturated rings. The molecule has 0 spiro atoms. The first-order valence-electron chi connectivity index (χ1n) is 22.2. The Morgan fingerprint density at radius 1 is 0.787 bits per heavy atom. The van der Waals surface area contributed by atoms with Gasteiger partial charge in [0.1, 0.15) is 23.7 Å². The molecule has 0 bridgehead atoms. The number of carboxylic acids is 1. The fourth-order valence-corrected chi connectivity index (χ4v) is 7.42. The van der Waals surface area contributed by atoms with E-state index in [2.05, 4.69) is 41.4 Å². The first-order chi connectivity index (χ1) is 35.1. The van der Waals surface area contributed by atoms with Gasteiger partial charge >= 0.3 is 17.9 Å². The number of nitro benzene ring substituents is 1. The Labute approximate surface area is 438 Å². The number of primary amides is 2. The third kappa shape index (κ3) is 19.4. The van der Waals surface area contributed by atoms with Gasteiger partial charge in [0.15, 0.2) is 11.6 Å². The highest BCUT2D eigenvalue weighted by Gasteiger charge is 2.39. The first-order valence-corrected chi connectivity index (χ1v) is 23.0. The average molecular weight is 1110 g/mol. The Bertz CT molecular complexity index is 2740. The second-order valence-electron chi connectivity index (χ2n) is 15.8. The van der Waals surface area contributed by atoms with E-state index >= 15 is 0 Å². The predicted octanol–water partition coefficient (Wildman–Crippen LogP) is 3.03. The highest BCUT2D eigenvalue weighted by Crippen LogP contribution is 2.31. The van der Waals surface area contributed by atoms with Crippen LogP contribution in [0.1, 0.15) is 103 Å². The van der Waals surface area contributed by atoms with Gasteiger partial charge in [0.05, 0.1) is 37.8 Å². The minimum atomic E-state index is -1.11. The number of amides is 5. The fourth-order valence-electron chi connectivity index (χ4n) is 7.00. The van der Waals surface area contributed by atoms with E-state index in [4.69, 9.17) is 22.3 Å². The van der Waals surface area contributed by atoms with Crippen molar-refractivity contribution in [2.75, 3.05) is 33.0 Å². The molecule has 75 heavy (non-hydrogen) atoms. The number of benzene rings is 4.